The number of likely N-dealkylation sites (tertiary alicyclic amines) is 1. The molecule has 122 valence electrons. The Balaban J connectivity index is 1.52. The zero-order valence-corrected chi connectivity index (χ0v) is 13.8. The second-order valence-electron chi connectivity index (χ2n) is 5.65. The van der Waals surface area contributed by atoms with Gasteiger partial charge in [-0.3, -0.25) is 19.4 Å². The first-order valence-corrected chi connectivity index (χ1v) is 8.69. The average Bonchev–Trinajstić information content (AvgIpc) is 3.37. The summed E-state index contributed by atoms with van der Waals surface area (Å²) in [4.78, 5) is 27.5. The Morgan fingerprint density at radius 1 is 1.33 bits per heavy atom. The van der Waals surface area contributed by atoms with Gasteiger partial charge in [0.15, 0.2) is 0 Å². The molecule has 1 saturated heterocycles. The molecule has 1 aliphatic heterocycles. The molecule has 4 rings (SSSR count). The van der Waals surface area contributed by atoms with Crippen LogP contribution in [0.3, 0.4) is 0 Å². The van der Waals surface area contributed by atoms with E-state index in [-0.39, 0.29) is 11.9 Å². The van der Waals surface area contributed by atoms with Crippen molar-refractivity contribution in [2.45, 2.75) is 25.4 Å². The van der Waals surface area contributed by atoms with Crippen LogP contribution in [0, 0.1) is 0 Å². The van der Waals surface area contributed by atoms with Crippen LogP contribution in [0.5, 0.6) is 0 Å². The molecular weight excluding hydrogens is 324 g/mol. The highest BCUT2D eigenvalue weighted by molar-refractivity contribution is 7.13. The van der Waals surface area contributed by atoms with Gasteiger partial charge in [-0.05, 0) is 18.9 Å². The van der Waals surface area contributed by atoms with Crippen LogP contribution in [0.4, 0.5) is 0 Å². The molecule has 4 heterocycles. The normalized spacial score (nSPS) is 17.3. The molecule has 1 atom stereocenters. The fourth-order valence-corrected chi connectivity index (χ4v) is 3.72. The highest BCUT2D eigenvalue weighted by Crippen LogP contribution is 2.25. The first-order valence-electron chi connectivity index (χ1n) is 7.81. The first-order chi connectivity index (χ1) is 11.8. The molecule has 0 N–H and O–H groups in total. The molecule has 0 spiro atoms. The lowest BCUT2D eigenvalue weighted by Gasteiger charge is -2.23. The average molecular weight is 340 g/mol. The summed E-state index contributed by atoms with van der Waals surface area (Å²) in [5.41, 5.74) is 1.17. The summed E-state index contributed by atoms with van der Waals surface area (Å²) in [5.74, 6) is -0.0175. The molecule has 0 aromatic carbocycles. The van der Waals surface area contributed by atoms with E-state index >= 15 is 0 Å². The van der Waals surface area contributed by atoms with E-state index in [0.29, 0.717) is 16.4 Å². The van der Waals surface area contributed by atoms with Gasteiger partial charge >= 0.3 is 0 Å². The second kappa shape index (κ2) is 6.48. The maximum absolute atomic E-state index is 12.8. The van der Waals surface area contributed by atoms with Gasteiger partial charge in [0.1, 0.15) is 16.4 Å². The summed E-state index contributed by atoms with van der Waals surface area (Å²) in [5, 5.41) is 6.76. The van der Waals surface area contributed by atoms with Crippen LogP contribution in [-0.4, -0.2) is 48.1 Å². The third-order valence-corrected chi connectivity index (χ3v) is 4.97. The molecule has 1 aliphatic rings. The van der Waals surface area contributed by atoms with Crippen molar-refractivity contribution in [3.63, 3.8) is 0 Å². The summed E-state index contributed by atoms with van der Waals surface area (Å²) in [6, 6.07) is 2.06. The number of carbonyl (C=O) groups excluding carboxylic acids is 1. The minimum Gasteiger partial charge on any atom is -0.332 e. The molecule has 24 heavy (non-hydrogen) atoms. The van der Waals surface area contributed by atoms with Crippen molar-refractivity contribution < 1.29 is 4.79 Å². The van der Waals surface area contributed by atoms with Crippen LogP contribution in [-0.2, 0) is 6.54 Å². The first kappa shape index (κ1) is 14.9. The largest absolute Gasteiger partial charge is 0.332 e. The van der Waals surface area contributed by atoms with Crippen LogP contribution in [0.1, 0.15) is 23.3 Å². The van der Waals surface area contributed by atoms with Crippen molar-refractivity contribution in [1.82, 2.24) is 29.6 Å². The maximum Gasteiger partial charge on any atom is 0.273 e. The molecule has 3 aromatic heterocycles. The van der Waals surface area contributed by atoms with E-state index in [4.69, 9.17) is 0 Å². The summed E-state index contributed by atoms with van der Waals surface area (Å²) >= 11 is 1.42. The van der Waals surface area contributed by atoms with Gasteiger partial charge in [0.2, 0.25) is 0 Å². The predicted molar refractivity (Wildman–Crippen MR) is 89.4 cm³/mol. The monoisotopic (exact) mass is 340 g/mol. The number of carbonyl (C=O) groups is 1. The van der Waals surface area contributed by atoms with Crippen molar-refractivity contribution in [1.29, 1.82) is 0 Å². The van der Waals surface area contributed by atoms with Gasteiger partial charge < -0.3 is 4.90 Å². The smallest absolute Gasteiger partial charge is 0.273 e. The maximum atomic E-state index is 12.8. The Hall–Kier alpha value is -2.61. The third-order valence-electron chi connectivity index (χ3n) is 4.10. The van der Waals surface area contributed by atoms with Crippen molar-refractivity contribution in [2.24, 2.45) is 0 Å². The van der Waals surface area contributed by atoms with Crippen LogP contribution in [0.2, 0.25) is 0 Å². The van der Waals surface area contributed by atoms with Crippen LogP contribution in [0.25, 0.3) is 10.7 Å². The minimum absolute atomic E-state index is 0.0175. The summed E-state index contributed by atoms with van der Waals surface area (Å²) < 4.78 is 1.88. The van der Waals surface area contributed by atoms with Crippen molar-refractivity contribution in [2.75, 3.05) is 6.54 Å². The number of hydrogen-bond acceptors (Lipinski definition) is 6. The fourth-order valence-electron chi connectivity index (χ4n) is 2.96. The van der Waals surface area contributed by atoms with E-state index < -0.39 is 0 Å². The zero-order chi connectivity index (χ0) is 16.4. The molecule has 7 nitrogen and oxygen atoms in total. The second-order valence-corrected chi connectivity index (χ2v) is 6.51. The molecule has 3 aromatic rings. The van der Waals surface area contributed by atoms with E-state index in [9.17, 15) is 4.79 Å². The summed E-state index contributed by atoms with van der Waals surface area (Å²) in [6.45, 7) is 1.49. The van der Waals surface area contributed by atoms with E-state index in [0.717, 1.165) is 25.9 Å². The lowest BCUT2D eigenvalue weighted by atomic mass is 10.2. The van der Waals surface area contributed by atoms with E-state index in [2.05, 4.69) is 20.1 Å². The Labute approximate surface area is 143 Å². The van der Waals surface area contributed by atoms with E-state index in [1.54, 1.807) is 30.2 Å². The van der Waals surface area contributed by atoms with Crippen LogP contribution < -0.4 is 0 Å². The Bertz CT molecular complexity index is 816. The van der Waals surface area contributed by atoms with E-state index in [1.165, 1.54) is 11.3 Å². The Morgan fingerprint density at radius 3 is 3.08 bits per heavy atom. The molecule has 1 amide bonds. The molecule has 0 radical (unpaired) electrons. The SMILES string of the molecule is O=C(c1csc(-c2cnccn2)n1)N1CCC[C@@H]1Cn1cccn1. The molecule has 0 aliphatic carbocycles. The standard InChI is InChI=1S/C16H16N6OS/c23-16(14-11-24-15(20-14)13-9-17-5-6-18-13)22-8-1-3-12(22)10-21-7-2-4-19-21/h2,4-7,9,11-12H,1,3,8,10H2/t12-/m1/s1. The van der Waals surface area contributed by atoms with Crippen molar-refractivity contribution in [3.05, 3.63) is 48.1 Å². The predicted octanol–water partition coefficient (Wildman–Crippen LogP) is 2.10. The summed E-state index contributed by atoms with van der Waals surface area (Å²) in [7, 11) is 0. The highest BCUT2D eigenvalue weighted by atomic mass is 32.1. The molecule has 0 unspecified atom stereocenters. The number of aromatic nitrogens is 5. The van der Waals surface area contributed by atoms with Gasteiger partial charge in [-0.25, -0.2) is 4.98 Å². The van der Waals surface area contributed by atoms with Gasteiger partial charge in [-0.1, -0.05) is 0 Å². The number of thiazole rings is 1. The van der Waals surface area contributed by atoms with Crippen LogP contribution >= 0.6 is 11.3 Å². The van der Waals surface area contributed by atoms with E-state index in [1.807, 2.05) is 21.8 Å². The van der Waals surface area contributed by atoms with Gasteiger partial charge in [-0.2, -0.15) is 5.10 Å². The summed E-state index contributed by atoms with van der Waals surface area (Å²) in [6.07, 6.45) is 10.6. The van der Waals surface area contributed by atoms with Crippen molar-refractivity contribution in [3.8, 4) is 10.7 Å². The number of hydrogen-bond donors (Lipinski definition) is 0. The quantitative estimate of drug-likeness (QED) is 0.727. The number of amides is 1. The number of nitrogens with zero attached hydrogens (tertiary/aromatic N) is 6. The van der Waals surface area contributed by atoms with Crippen LogP contribution in [0.15, 0.2) is 42.4 Å². The molecule has 8 heteroatoms. The topological polar surface area (TPSA) is 76.8 Å². The Kier molecular flexibility index (Phi) is 4.04. The fraction of sp³-hybridized carbons (Fsp3) is 0.312. The molecule has 0 saturated carbocycles. The molecular formula is C16H16N6OS. The van der Waals surface area contributed by atoms with Gasteiger partial charge in [0, 0.05) is 36.7 Å². The van der Waals surface area contributed by atoms with Crippen molar-refractivity contribution >= 4 is 17.2 Å². The minimum atomic E-state index is -0.0175. The Morgan fingerprint density at radius 2 is 2.29 bits per heavy atom. The van der Waals surface area contributed by atoms with Gasteiger partial charge in [-0.15, -0.1) is 11.3 Å². The zero-order valence-electron chi connectivity index (χ0n) is 12.9. The number of rotatable bonds is 4. The van der Waals surface area contributed by atoms with Gasteiger partial charge in [0.25, 0.3) is 5.91 Å². The third kappa shape index (κ3) is 2.92. The molecule has 1 fully saturated rings. The lowest BCUT2D eigenvalue weighted by Crippen LogP contribution is -2.38. The van der Waals surface area contributed by atoms with Gasteiger partial charge in [0.05, 0.1) is 18.8 Å². The lowest BCUT2D eigenvalue weighted by molar-refractivity contribution is 0.0716. The highest BCUT2D eigenvalue weighted by Gasteiger charge is 2.31. The molecule has 0 bridgehead atoms.